The van der Waals surface area contributed by atoms with Gasteiger partial charge in [0.05, 0.1) is 23.4 Å². The molecule has 1 unspecified atom stereocenters. The fraction of sp³-hybridized carbons (Fsp3) is 0.286. The molecule has 0 radical (unpaired) electrons. The summed E-state index contributed by atoms with van der Waals surface area (Å²) < 4.78 is 13.8. The van der Waals surface area contributed by atoms with Gasteiger partial charge in [0, 0.05) is 39.0 Å². The van der Waals surface area contributed by atoms with Gasteiger partial charge in [-0.15, -0.1) is 0 Å². The smallest absolute Gasteiger partial charge is 0.251 e. The fourth-order valence-electron chi connectivity index (χ4n) is 3.45. The quantitative estimate of drug-likeness (QED) is 0.762. The Hall–Kier alpha value is -2.81. The minimum absolute atomic E-state index is 0.0644. The Labute approximate surface area is 179 Å². The second kappa shape index (κ2) is 8.91. The van der Waals surface area contributed by atoms with Gasteiger partial charge in [-0.3, -0.25) is 5.01 Å². The van der Waals surface area contributed by atoms with E-state index in [1.54, 1.807) is 12.3 Å². The maximum atomic E-state index is 13.8. The van der Waals surface area contributed by atoms with E-state index < -0.39 is 5.82 Å². The highest BCUT2D eigenvalue weighted by atomic mass is 35.5. The molecule has 1 atom stereocenters. The van der Waals surface area contributed by atoms with Crippen molar-refractivity contribution in [1.82, 2.24) is 25.3 Å². The summed E-state index contributed by atoms with van der Waals surface area (Å²) in [6.07, 6.45) is 8.33. The standard InChI is InChI=1S/C21H22ClFN6O/c1-28-20(5-9-25-28)27-21-24-8-4-18(26-21)14-6-10-29(11-7-14)19(13-30)15-2-3-16(22)17(23)12-15/h2-4,6-8,10,12,19,25,30H,5,9,11,13H2,1H3. The highest BCUT2D eigenvalue weighted by molar-refractivity contribution is 6.30. The van der Waals surface area contributed by atoms with Gasteiger partial charge in [0.1, 0.15) is 11.7 Å². The molecule has 2 aliphatic heterocycles. The molecule has 0 bridgehead atoms. The summed E-state index contributed by atoms with van der Waals surface area (Å²) in [7, 11) is 1.92. The lowest BCUT2D eigenvalue weighted by Crippen LogP contribution is -2.29. The van der Waals surface area contributed by atoms with Gasteiger partial charge in [0.25, 0.3) is 5.95 Å². The second-order valence-corrected chi connectivity index (χ2v) is 7.44. The van der Waals surface area contributed by atoms with Gasteiger partial charge in [-0.05, 0) is 35.4 Å². The lowest BCUT2D eigenvalue weighted by molar-refractivity contribution is 0.174. The molecule has 3 heterocycles. The highest BCUT2D eigenvalue weighted by Crippen LogP contribution is 2.28. The number of aliphatic hydroxyl groups is 1. The van der Waals surface area contributed by atoms with Crippen LogP contribution in [0.2, 0.25) is 5.02 Å². The number of aliphatic imine (C=N–C) groups is 1. The summed E-state index contributed by atoms with van der Waals surface area (Å²) in [5.74, 6) is 0.815. The van der Waals surface area contributed by atoms with Crippen LogP contribution >= 0.6 is 11.6 Å². The van der Waals surface area contributed by atoms with Crippen molar-refractivity contribution in [3.8, 4) is 0 Å². The molecule has 2 aromatic rings. The van der Waals surface area contributed by atoms with Gasteiger partial charge < -0.3 is 10.0 Å². The average Bonchev–Trinajstić information content (AvgIpc) is 3.16. The third-order valence-electron chi connectivity index (χ3n) is 5.12. The van der Waals surface area contributed by atoms with Gasteiger partial charge in [-0.1, -0.05) is 23.7 Å². The first-order valence-corrected chi connectivity index (χ1v) is 10.0. The van der Waals surface area contributed by atoms with Crippen LogP contribution in [0.3, 0.4) is 0 Å². The summed E-state index contributed by atoms with van der Waals surface area (Å²) in [5.41, 5.74) is 5.55. The lowest BCUT2D eigenvalue weighted by Gasteiger charge is -2.31. The van der Waals surface area contributed by atoms with Crippen molar-refractivity contribution in [2.45, 2.75) is 12.5 Å². The van der Waals surface area contributed by atoms with Crippen LogP contribution in [0.4, 0.5) is 10.3 Å². The Morgan fingerprint density at radius 3 is 2.90 bits per heavy atom. The van der Waals surface area contributed by atoms with E-state index in [1.807, 2.05) is 41.4 Å². The van der Waals surface area contributed by atoms with Crippen molar-refractivity contribution >= 4 is 29.0 Å². The van der Waals surface area contributed by atoms with Gasteiger partial charge in [-0.25, -0.2) is 19.8 Å². The van der Waals surface area contributed by atoms with Crippen LogP contribution in [0.1, 0.15) is 23.7 Å². The van der Waals surface area contributed by atoms with E-state index in [0.29, 0.717) is 18.1 Å². The molecule has 9 heteroatoms. The topological polar surface area (TPSA) is 76.9 Å². The summed E-state index contributed by atoms with van der Waals surface area (Å²) in [6, 6.07) is 6.06. The number of benzene rings is 1. The molecule has 0 amide bonds. The molecular formula is C21H22ClFN6O. The number of allylic oxidation sites excluding steroid dienone is 2. The van der Waals surface area contributed by atoms with E-state index in [0.717, 1.165) is 30.1 Å². The maximum Gasteiger partial charge on any atom is 0.251 e. The van der Waals surface area contributed by atoms with Crippen LogP contribution in [-0.2, 0) is 0 Å². The predicted molar refractivity (Wildman–Crippen MR) is 115 cm³/mol. The van der Waals surface area contributed by atoms with Crippen molar-refractivity contribution in [1.29, 1.82) is 0 Å². The predicted octanol–water partition coefficient (Wildman–Crippen LogP) is 3.09. The largest absolute Gasteiger partial charge is 0.394 e. The number of amidine groups is 1. The van der Waals surface area contributed by atoms with Crippen molar-refractivity contribution < 1.29 is 9.50 Å². The van der Waals surface area contributed by atoms with Crippen LogP contribution < -0.4 is 5.43 Å². The maximum absolute atomic E-state index is 13.8. The number of aromatic nitrogens is 2. The third-order valence-corrected chi connectivity index (χ3v) is 5.43. The molecule has 0 aliphatic carbocycles. The van der Waals surface area contributed by atoms with Gasteiger partial charge in [0.15, 0.2) is 0 Å². The lowest BCUT2D eigenvalue weighted by atomic mass is 10.0. The summed E-state index contributed by atoms with van der Waals surface area (Å²) in [4.78, 5) is 15.3. The third kappa shape index (κ3) is 4.35. The first-order valence-electron chi connectivity index (χ1n) is 9.63. The number of rotatable bonds is 5. The zero-order valence-corrected chi connectivity index (χ0v) is 17.2. The molecule has 7 nitrogen and oxygen atoms in total. The fourth-order valence-corrected chi connectivity index (χ4v) is 3.57. The molecule has 156 valence electrons. The Morgan fingerprint density at radius 2 is 2.23 bits per heavy atom. The number of hydrogen-bond donors (Lipinski definition) is 2. The zero-order chi connectivity index (χ0) is 21.1. The average molecular weight is 429 g/mol. The molecule has 4 rings (SSSR count). The van der Waals surface area contributed by atoms with Gasteiger partial charge in [0.2, 0.25) is 0 Å². The van der Waals surface area contributed by atoms with Crippen molar-refractivity contribution in [3.63, 3.8) is 0 Å². The molecule has 1 fully saturated rings. The highest BCUT2D eigenvalue weighted by Gasteiger charge is 2.20. The molecule has 30 heavy (non-hydrogen) atoms. The van der Waals surface area contributed by atoms with Crippen molar-refractivity contribution in [2.75, 3.05) is 26.7 Å². The van der Waals surface area contributed by atoms with E-state index in [2.05, 4.69) is 20.4 Å². The first kappa shape index (κ1) is 20.5. The Morgan fingerprint density at radius 1 is 1.37 bits per heavy atom. The molecule has 2 aliphatic rings. The van der Waals surface area contributed by atoms with E-state index in [4.69, 9.17) is 11.6 Å². The van der Waals surface area contributed by atoms with Gasteiger partial charge in [-0.2, -0.15) is 4.99 Å². The van der Waals surface area contributed by atoms with Crippen LogP contribution in [0, 0.1) is 5.82 Å². The van der Waals surface area contributed by atoms with E-state index in [-0.39, 0.29) is 17.7 Å². The number of aliphatic hydroxyl groups excluding tert-OH is 1. The van der Waals surface area contributed by atoms with E-state index >= 15 is 0 Å². The van der Waals surface area contributed by atoms with Crippen molar-refractivity contribution in [2.24, 2.45) is 4.99 Å². The Balaban J connectivity index is 1.50. The molecule has 0 saturated carbocycles. The van der Waals surface area contributed by atoms with Crippen LogP contribution in [0.5, 0.6) is 0 Å². The number of hydrogen-bond acceptors (Lipinski definition) is 6. The van der Waals surface area contributed by atoms with Crippen LogP contribution in [0.25, 0.3) is 5.57 Å². The summed E-state index contributed by atoms with van der Waals surface area (Å²) >= 11 is 5.77. The van der Waals surface area contributed by atoms with Gasteiger partial charge >= 0.3 is 0 Å². The Kier molecular flexibility index (Phi) is 6.08. The molecule has 0 spiro atoms. The number of nitrogens with zero attached hydrogens (tertiary/aromatic N) is 5. The molecule has 1 saturated heterocycles. The normalized spacial score (nSPS) is 18.8. The monoisotopic (exact) mass is 428 g/mol. The second-order valence-electron chi connectivity index (χ2n) is 7.03. The van der Waals surface area contributed by atoms with E-state index in [9.17, 15) is 9.50 Å². The molecule has 1 aromatic carbocycles. The number of hydrazine groups is 1. The molecular weight excluding hydrogens is 407 g/mol. The molecule has 1 aromatic heterocycles. The molecule has 2 N–H and O–H groups in total. The van der Waals surface area contributed by atoms with E-state index in [1.165, 1.54) is 12.1 Å². The zero-order valence-electron chi connectivity index (χ0n) is 16.5. The summed E-state index contributed by atoms with van der Waals surface area (Å²) in [6.45, 7) is 1.25. The van der Waals surface area contributed by atoms with Crippen LogP contribution in [-0.4, -0.2) is 57.6 Å². The number of halogens is 2. The Bertz CT molecular complexity index is 1020. The minimum Gasteiger partial charge on any atom is -0.394 e. The SMILES string of the molecule is CN1NCCC1=Nc1nccc(C2=CCN(C(CO)c3ccc(Cl)c(F)c3)C=C2)n1. The number of nitrogens with one attached hydrogen (secondary N) is 1. The first-order chi connectivity index (χ1) is 14.5. The summed E-state index contributed by atoms with van der Waals surface area (Å²) in [5, 5.41) is 11.8. The van der Waals surface area contributed by atoms with Crippen molar-refractivity contribution in [3.05, 3.63) is 70.9 Å². The van der Waals surface area contributed by atoms with Crippen LogP contribution in [0.15, 0.2) is 53.8 Å². The minimum atomic E-state index is -0.497.